The molecule has 1 fully saturated rings. The van der Waals surface area contributed by atoms with Gasteiger partial charge in [0.15, 0.2) is 0 Å². The van der Waals surface area contributed by atoms with Crippen LogP contribution in [0.2, 0.25) is 0 Å². The molecule has 0 spiro atoms. The van der Waals surface area contributed by atoms with E-state index in [9.17, 15) is 0 Å². The van der Waals surface area contributed by atoms with Crippen LogP contribution < -0.4 is 5.32 Å². The second kappa shape index (κ2) is 6.35. The molecule has 0 saturated heterocycles. The van der Waals surface area contributed by atoms with Gasteiger partial charge in [0.25, 0.3) is 0 Å². The predicted molar refractivity (Wildman–Crippen MR) is 77.7 cm³/mol. The SMILES string of the molecule is CNC1CCCC1CN(C)Cc1cccc(C)c1. The topological polar surface area (TPSA) is 15.3 Å². The number of hydrogen-bond acceptors (Lipinski definition) is 2. The van der Waals surface area contributed by atoms with E-state index in [0.717, 1.165) is 18.5 Å². The number of rotatable bonds is 5. The summed E-state index contributed by atoms with van der Waals surface area (Å²) in [5.74, 6) is 0.824. The third-order valence-corrected chi connectivity index (χ3v) is 4.11. The van der Waals surface area contributed by atoms with E-state index in [1.807, 2.05) is 0 Å². The van der Waals surface area contributed by atoms with E-state index in [1.54, 1.807) is 0 Å². The van der Waals surface area contributed by atoms with Crippen molar-refractivity contribution < 1.29 is 0 Å². The van der Waals surface area contributed by atoms with Gasteiger partial charge in [-0.15, -0.1) is 0 Å². The van der Waals surface area contributed by atoms with Gasteiger partial charge in [0.1, 0.15) is 0 Å². The van der Waals surface area contributed by atoms with Crippen molar-refractivity contribution in [1.29, 1.82) is 0 Å². The van der Waals surface area contributed by atoms with Crippen LogP contribution in [0.15, 0.2) is 24.3 Å². The molecule has 0 amide bonds. The van der Waals surface area contributed by atoms with Gasteiger partial charge >= 0.3 is 0 Å². The summed E-state index contributed by atoms with van der Waals surface area (Å²) >= 11 is 0. The summed E-state index contributed by atoms with van der Waals surface area (Å²) in [7, 11) is 4.34. The maximum atomic E-state index is 3.47. The Labute approximate surface area is 111 Å². The minimum absolute atomic E-state index is 0.727. The van der Waals surface area contributed by atoms with Gasteiger partial charge in [-0.1, -0.05) is 36.2 Å². The van der Waals surface area contributed by atoms with Crippen molar-refractivity contribution in [2.24, 2.45) is 5.92 Å². The standard InChI is InChI=1S/C16H26N2/c1-13-6-4-7-14(10-13)11-18(3)12-15-8-5-9-16(15)17-2/h4,6-7,10,15-17H,5,8-9,11-12H2,1-3H3. The summed E-state index contributed by atoms with van der Waals surface area (Å²) in [6.07, 6.45) is 4.11. The van der Waals surface area contributed by atoms with Crippen LogP contribution in [-0.4, -0.2) is 31.6 Å². The lowest BCUT2D eigenvalue weighted by atomic mass is 10.0. The van der Waals surface area contributed by atoms with E-state index < -0.39 is 0 Å². The molecule has 0 aromatic heterocycles. The summed E-state index contributed by atoms with van der Waals surface area (Å²) in [6.45, 7) is 4.44. The van der Waals surface area contributed by atoms with Crippen molar-refractivity contribution in [2.75, 3.05) is 20.6 Å². The summed E-state index contributed by atoms with van der Waals surface area (Å²) in [6, 6.07) is 9.57. The van der Waals surface area contributed by atoms with E-state index in [4.69, 9.17) is 0 Å². The van der Waals surface area contributed by atoms with E-state index in [0.29, 0.717) is 0 Å². The Balaban J connectivity index is 1.86. The third-order valence-electron chi connectivity index (χ3n) is 4.11. The molecule has 0 radical (unpaired) electrons. The lowest BCUT2D eigenvalue weighted by molar-refractivity contribution is 0.249. The predicted octanol–water partition coefficient (Wildman–Crippen LogP) is 2.81. The minimum Gasteiger partial charge on any atom is -0.317 e. The van der Waals surface area contributed by atoms with Crippen molar-refractivity contribution in [3.63, 3.8) is 0 Å². The molecule has 0 heterocycles. The van der Waals surface area contributed by atoms with E-state index in [-0.39, 0.29) is 0 Å². The Morgan fingerprint density at radius 2 is 2.17 bits per heavy atom. The Hall–Kier alpha value is -0.860. The van der Waals surface area contributed by atoms with Crippen molar-refractivity contribution >= 4 is 0 Å². The van der Waals surface area contributed by atoms with Crippen LogP contribution in [0.3, 0.4) is 0 Å². The quantitative estimate of drug-likeness (QED) is 0.859. The molecule has 1 aliphatic carbocycles. The molecule has 1 saturated carbocycles. The molecule has 1 aromatic rings. The van der Waals surface area contributed by atoms with Crippen molar-refractivity contribution in [1.82, 2.24) is 10.2 Å². The second-order valence-electron chi connectivity index (χ2n) is 5.77. The van der Waals surface area contributed by atoms with E-state index >= 15 is 0 Å². The maximum absolute atomic E-state index is 3.47. The first kappa shape index (κ1) is 13.6. The number of aryl methyl sites for hydroxylation is 1. The smallest absolute Gasteiger partial charge is 0.0230 e. The van der Waals surface area contributed by atoms with Crippen molar-refractivity contribution in [3.05, 3.63) is 35.4 Å². The summed E-state index contributed by atoms with van der Waals surface area (Å²) in [4.78, 5) is 2.47. The monoisotopic (exact) mass is 246 g/mol. The van der Waals surface area contributed by atoms with Gasteiger partial charge in [-0.05, 0) is 45.3 Å². The highest BCUT2D eigenvalue weighted by Crippen LogP contribution is 2.26. The van der Waals surface area contributed by atoms with E-state index in [1.165, 1.54) is 36.9 Å². The fraction of sp³-hybridized carbons (Fsp3) is 0.625. The highest BCUT2D eigenvalue weighted by atomic mass is 15.1. The Kier molecular flexibility index (Phi) is 4.79. The average Bonchev–Trinajstić information content (AvgIpc) is 2.76. The Morgan fingerprint density at radius 1 is 1.33 bits per heavy atom. The zero-order chi connectivity index (χ0) is 13.0. The van der Waals surface area contributed by atoms with Crippen LogP contribution in [0.25, 0.3) is 0 Å². The molecule has 2 heteroatoms. The molecule has 0 bridgehead atoms. The highest BCUT2D eigenvalue weighted by molar-refractivity contribution is 5.22. The lowest BCUT2D eigenvalue weighted by Crippen LogP contribution is -2.36. The Bertz CT molecular complexity index is 375. The van der Waals surface area contributed by atoms with Crippen molar-refractivity contribution in [2.45, 2.75) is 38.8 Å². The molecule has 18 heavy (non-hydrogen) atoms. The first-order valence-corrected chi connectivity index (χ1v) is 7.10. The molecule has 2 nitrogen and oxygen atoms in total. The molecule has 2 unspecified atom stereocenters. The molecule has 1 aromatic carbocycles. The van der Waals surface area contributed by atoms with Gasteiger partial charge in [0.2, 0.25) is 0 Å². The molecule has 2 atom stereocenters. The number of hydrogen-bond donors (Lipinski definition) is 1. The van der Waals surface area contributed by atoms with Gasteiger partial charge < -0.3 is 10.2 Å². The minimum atomic E-state index is 0.727. The first-order chi connectivity index (χ1) is 8.69. The zero-order valence-electron chi connectivity index (χ0n) is 11.9. The summed E-state index contributed by atoms with van der Waals surface area (Å²) in [5.41, 5.74) is 2.78. The number of benzene rings is 1. The fourth-order valence-electron chi connectivity index (χ4n) is 3.22. The summed E-state index contributed by atoms with van der Waals surface area (Å²) in [5, 5.41) is 3.47. The first-order valence-electron chi connectivity index (χ1n) is 7.10. The lowest BCUT2D eigenvalue weighted by Gasteiger charge is -2.25. The molecule has 2 rings (SSSR count). The van der Waals surface area contributed by atoms with Crippen molar-refractivity contribution in [3.8, 4) is 0 Å². The van der Waals surface area contributed by atoms with Crippen LogP contribution in [0.4, 0.5) is 0 Å². The molecular formula is C16H26N2. The maximum Gasteiger partial charge on any atom is 0.0230 e. The van der Waals surface area contributed by atoms with Crippen LogP contribution in [-0.2, 0) is 6.54 Å². The van der Waals surface area contributed by atoms with Crippen LogP contribution in [0.1, 0.15) is 30.4 Å². The average molecular weight is 246 g/mol. The highest BCUT2D eigenvalue weighted by Gasteiger charge is 2.26. The van der Waals surface area contributed by atoms with Gasteiger partial charge in [0.05, 0.1) is 0 Å². The summed E-state index contributed by atoms with van der Waals surface area (Å²) < 4.78 is 0. The normalized spacial score (nSPS) is 23.8. The molecular weight excluding hydrogens is 220 g/mol. The number of nitrogens with zero attached hydrogens (tertiary/aromatic N) is 1. The van der Waals surface area contributed by atoms with Gasteiger partial charge in [-0.3, -0.25) is 0 Å². The molecule has 100 valence electrons. The third kappa shape index (κ3) is 3.56. The fourth-order valence-corrected chi connectivity index (χ4v) is 3.22. The largest absolute Gasteiger partial charge is 0.317 e. The molecule has 1 aliphatic rings. The zero-order valence-corrected chi connectivity index (χ0v) is 11.9. The van der Waals surface area contributed by atoms with Gasteiger partial charge in [-0.25, -0.2) is 0 Å². The van der Waals surface area contributed by atoms with E-state index in [2.05, 4.69) is 55.5 Å². The molecule has 0 aliphatic heterocycles. The van der Waals surface area contributed by atoms with Gasteiger partial charge in [-0.2, -0.15) is 0 Å². The van der Waals surface area contributed by atoms with Crippen LogP contribution in [0.5, 0.6) is 0 Å². The van der Waals surface area contributed by atoms with Crippen LogP contribution in [0, 0.1) is 12.8 Å². The van der Waals surface area contributed by atoms with Gasteiger partial charge in [0, 0.05) is 19.1 Å². The Morgan fingerprint density at radius 3 is 2.89 bits per heavy atom. The van der Waals surface area contributed by atoms with Crippen LogP contribution >= 0.6 is 0 Å². The second-order valence-corrected chi connectivity index (χ2v) is 5.77. The molecule has 1 N–H and O–H groups in total. The number of nitrogens with one attached hydrogen (secondary N) is 1.